The summed E-state index contributed by atoms with van der Waals surface area (Å²) in [6, 6.07) is 8.30. The van der Waals surface area contributed by atoms with E-state index in [1.54, 1.807) is 18.3 Å². The number of fused-ring (bicyclic) bond motifs is 1. The van der Waals surface area contributed by atoms with E-state index in [2.05, 4.69) is 20.3 Å². The van der Waals surface area contributed by atoms with Crippen LogP contribution in [0.4, 0.5) is 10.2 Å². The van der Waals surface area contributed by atoms with Gasteiger partial charge >= 0.3 is 0 Å². The fourth-order valence-electron chi connectivity index (χ4n) is 3.47. The van der Waals surface area contributed by atoms with E-state index in [4.69, 9.17) is 9.47 Å². The van der Waals surface area contributed by atoms with Crippen LogP contribution < -0.4 is 10.1 Å². The number of benzene rings is 1. The number of rotatable bonds is 6. The molecule has 2 aromatic heterocycles. The minimum absolute atomic E-state index is 0.0483. The van der Waals surface area contributed by atoms with Crippen LogP contribution in [0.15, 0.2) is 36.5 Å². The van der Waals surface area contributed by atoms with Crippen LogP contribution in [0.2, 0.25) is 0 Å². The number of anilines is 1. The molecule has 0 amide bonds. The molecule has 1 aliphatic rings. The third kappa shape index (κ3) is 4.79. The summed E-state index contributed by atoms with van der Waals surface area (Å²) >= 11 is 0. The third-order valence-corrected chi connectivity index (χ3v) is 5.20. The first-order valence-electron chi connectivity index (χ1n) is 9.95. The van der Waals surface area contributed by atoms with Crippen LogP contribution in [0.3, 0.4) is 0 Å². The summed E-state index contributed by atoms with van der Waals surface area (Å²) in [4.78, 5) is 13.5. The van der Waals surface area contributed by atoms with Crippen molar-refractivity contribution < 1.29 is 13.9 Å². The van der Waals surface area contributed by atoms with Gasteiger partial charge in [0.1, 0.15) is 17.5 Å². The van der Waals surface area contributed by atoms with Gasteiger partial charge < -0.3 is 14.8 Å². The molecule has 7 heteroatoms. The molecule has 0 spiro atoms. The lowest BCUT2D eigenvalue weighted by Gasteiger charge is -2.22. The summed E-state index contributed by atoms with van der Waals surface area (Å²) in [5, 5.41) is 4.27. The van der Waals surface area contributed by atoms with Gasteiger partial charge in [-0.1, -0.05) is 12.1 Å². The van der Waals surface area contributed by atoms with E-state index in [1.165, 1.54) is 12.1 Å². The fraction of sp³-hybridized carbons (Fsp3) is 0.409. The number of aryl methyl sites for hydroxylation is 1. The molecule has 0 aliphatic carbocycles. The second-order valence-corrected chi connectivity index (χ2v) is 7.44. The fourth-order valence-corrected chi connectivity index (χ4v) is 3.47. The van der Waals surface area contributed by atoms with Crippen LogP contribution in [0.5, 0.6) is 5.88 Å². The van der Waals surface area contributed by atoms with Gasteiger partial charge in [0.2, 0.25) is 5.88 Å². The molecule has 1 atom stereocenters. The number of ether oxygens (including phenoxy) is 2. The first-order chi connectivity index (χ1) is 14.1. The van der Waals surface area contributed by atoms with Gasteiger partial charge in [0.05, 0.1) is 18.3 Å². The van der Waals surface area contributed by atoms with Crippen LogP contribution >= 0.6 is 0 Å². The summed E-state index contributed by atoms with van der Waals surface area (Å²) in [5.74, 6) is 2.17. The van der Waals surface area contributed by atoms with Gasteiger partial charge in [-0.05, 0) is 50.3 Å². The van der Waals surface area contributed by atoms with Crippen LogP contribution in [-0.2, 0) is 4.74 Å². The molecule has 1 aliphatic heterocycles. The molecule has 0 saturated carbocycles. The maximum absolute atomic E-state index is 13.2. The first-order valence-corrected chi connectivity index (χ1v) is 9.95. The largest absolute Gasteiger partial charge is 0.477 e. The predicted octanol–water partition coefficient (Wildman–Crippen LogP) is 4.45. The lowest BCUT2D eigenvalue weighted by molar-refractivity contribution is 0.0491. The van der Waals surface area contributed by atoms with E-state index < -0.39 is 0 Å². The van der Waals surface area contributed by atoms with Crippen LogP contribution in [0.25, 0.3) is 10.9 Å². The average Bonchev–Trinajstić information content (AvgIpc) is 2.73. The van der Waals surface area contributed by atoms with Crippen LogP contribution in [0, 0.1) is 18.7 Å². The molecule has 29 heavy (non-hydrogen) atoms. The number of hydrogen-bond acceptors (Lipinski definition) is 6. The summed E-state index contributed by atoms with van der Waals surface area (Å²) in [6.45, 7) is 6.08. The van der Waals surface area contributed by atoms with Crippen molar-refractivity contribution in [2.24, 2.45) is 5.92 Å². The van der Waals surface area contributed by atoms with Crippen molar-refractivity contribution >= 4 is 16.7 Å². The topological polar surface area (TPSA) is 69.2 Å². The number of halogens is 1. The van der Waals surface area contributed by atoms with Gasteiger partial charge in [-0.3, -0.25) is 0 Å². The van der Waals surface area contributed by atoms with E-state index in [9.17, 15) is 4.39 Å². The molecule has 1 saturated heterocycles. The first kappa shape index (κ1) is 19.5. The van der Waals surface area contributed by atoms with Gasteiger partial charge in [-0.15, -0.1) is 0 Å². The van der Waals surface area contributed by atoms with Crippen molar-refractivity contribution in [3.8, 4) is 5.88 Å². The Morgan fingerprint density at radius 2 is 1.97 bits per heavy atom. The Hall–Kier alpha value is -2.80. The van der Waals surface area contributed by atoms with Gasteiger partial charge in [-0.25, -0.2) is 19.3 Å². The van der Waals surface area contributed by atoms with E-state index in [0.717, 1.165) is 42.5 Å². The van der Waals surface area contributed by atoms with E-state index >= 15 is 0 Å². The second-order valence-electron chi connectivity index (χ2n) is 7.44. The van der Waals surface area contributed by atoms with Gasteiger partial charge in [0, 0.05) is 30.7 Å². The molecule has 4 rings (SSSR count). The molecular weight excluding hydrogens is 371 g/mol. The smallest absolute Gasteiger partial charge is 0.214 e. The Morgan fingerprint density at radius 3 is 2.72 bits per heavy atom. The molecule has 1 aromatic carbocycles. The SMILES string of the molecule is Cc1nc(NC(C)c2ccc(F)cc2)c2cc(OCC3CCOCC3)ncc2n1. The molecule has 0 bridgehead atoms. The van der Waals surface area contributed by atoms with Gasteiger partial charge in [0.25, 0.3) is 0 Å². The van der Waals surface area contributed by atoms with E-state index in [-0.39, 0.29) is 11.9 Å². The highest BCUT2D eigenvalue weighted by atomic mass is 19.1. The second kappa shape index (κ2) is 8.69. The number of nitrogens with zero attached hydrogens (tertiary/aromatic N) is 3. The molecule has 6 nitrogen and oxygen atoms in total. The lowest BCUT2D eigenvalue weighted by atomic mass is 10.0. The molecule has 1 fully saturated rings. The average molecular weight is 396 g/mol. The maximum Gasteiger partial charge on any atom is 0.214 e. The highest BCUT2D eigenvalue weighted by Crippen LogP contribution is 2.27. The zero-order chi connectivity index (χ0) is 20.2. The molecule has 3 aromatic rings. The summed E-state index contributed by atoms with van der Waals surface area (Å²) in [7, 11) is 0. The van der Waals surface area contributed by atoms with E-state index in [1.807, 2.05) is 19.9 Å². The number of hydrogen-bond donors (Lipinski definition) is 1. The van der Waals surface area contributed by atoms with Crippen molar-refractivity contribution in [1.82, 2.24) is 15.0 Å². The van der Waals surface area contributed by atoms with Crippen molar-refractivity contribution in [2.45, 2.75) is 32.7 Å². The summed E-state index contributed by atoms with van der Waals surface area (Å²) < 4.78 is 24.6. The van der Waals surface area contributed by atoms with Crippen molar-refractivity contribution in [1.29, 1.82) is 0 Å². The molecule has 1 N–H and O–H groups in total. The maximum atomic E-state index is 13.2. The zero-order valence-corrected chi connectivity index (χ0v) is 16.7. The quantitative estimate of drug-likeness (QED) is 0.664. The summed E-state index contributed by atoms with van der Waals surface area (Å²) in [6.07, 6.45) is 3.74. The number of aromatic nitrogens is 3. The van der Waals surface area contributed by atoms with Crippen LogP contribution in [-0.4, -0.2) is 34.8 Å². The number of pyridine rings is 1. The van der Waals surface area contributed by atoms with Crippen molar-refractivity contribution in [2.75, 3.05) is 25.1 Å². The highest BCUT2D eigenvalue weighted by molar-refractivity contribution is 5.89. The molecular formula is C22H25FN4O2. The van der Waals surface area contributed by atoms with Gasteiger partial charge in [0.15, 0.2) is 0 Å². The minimum atomic E-state index is -0.248. The molecule has 152 valence electrons. The Balaban J connectivity index is 1.55. The Labute approximate surface area is 169 Å². The highest BCUT2D eigenvalue weighted by Gasteiger charge is 2.16. The van der Waals surface area contributed by atoms with Gasteiger partial charge in [-0.2, -0.15) is 0 Å². The monoisotopic (exact) mass is 396 g/mol. The normalized spacial score (nSPS) is 16.0. The third-order valence-electron chi connectivity index (χ3n) is 5.20. The predicted molar refractivity (Wildman–Crippen MR) is 110 cm³/mol. The van der Waals surface area contributed by atoms with Crippen molar-refractivity contribution in [3.05, 3.63) is 53.7 Å². The minimum Gasteiger partial charge on any atom is -0.477 e. The Kier molecular flexibility index (Phi) is 5.85. The lowest BCUT2D eigenvalue weighted by Crippen LogP contribution is -2.21. The number of nitrogens with one attached hydrogen (secondary N) is 1. The van der Waals surface area contributed by atoms with Crippen LogP contribution in [0.1, 0.15) is 37.2 Å². The van der Waals surface area contributed by atoms with E-state index in [0.29, 0.717) is 30.0 Å². The standard InChI is InChI=1S/C22H25FN4O2/c1-14(17-3-5-18(23)6-4-17)25-22-19-11-21(24-12-20(19)26-15(2)27-22)29-13-16-7-9-28-10-8-16/h3-6,11-12,14,16H,7-10,13H2,1-2H3,(H,25,26,27). The molecule has 0 radical (unpaired) electrons. The van der Waals surface area contributed by atoms with Crippen molar-refractivity contribution in [3.63, 3.8) is 0 Å². The Morgan fingerprint density at radius 1 is 1.21 bits per heavy atom. The Bertz CT molecular complexity index is 974. The molecule has 1 unspecified atom stereocenters. The summed E-state index contributed by atoms with van der Waals surface area (Å²) in [5.41, 5.74) is 1.73. The zero-order valence-electron chi connectivity index (χ0n) is 16.7. The molecule has 3 heterocycles.